The van der Waals surface area contributed by atoms with Gasteiger partial charge in [-0.15, -0.1) is 0 Å². The fourth-order valence-electron chi connectivity index (χ4n) is 8.48. The van der Waals surface area contributed by atoms with E-state index in [0.29, 0.717) is 6.42 Å². The molecule has 57 heavy (non-hydrogen) atoms. The molecule has 4 nitrogen and oxygen atoms in total. The van der Waals surface area contributed by atoms with Crippen LogP contribution in [0.5, 0.6) is 0 Å². The van der Waals surface area contributed by atoms with Crippen molar-refractivity contribution in [3.05, 3.63) is 12.2 Å². The Kier molecular flexibility index (Phi) is 48.7. The molecule has 0 saturated carbocycles. The Labute approximate surface area is 358 Å². The van der Waals surface area contributed by atoms with E-state index >= 15 is 0 Å². The van der Waals surface area contributed by atoms with Crippen LogP contribution >= 0.6 is 0 Å². The Morgan fingerprint density at radius 2 is 0.649 bits per heavy atom. The molecule has 0 heterocycles. The normalized spacial score (nSPS) is 12.8. The molecule has 340 valence electrons. The zero-order valence-electron chi connectivity index (χ0n) is 39.1. The van der Waals surface area contributed by atoms with Crippen LogP contribution in [0.15, 0.2) is 12.2 Å². The number of rotatable bonds is 49. The van der Waals surface area contributed by atoms with Crippen LogP contribution in [0.4, 0.5) is 0 Å². The molecule has 3 N–H and O–H groups in total. The predicted molar refractivity (Wildman–Crippen MR) is 253 cm³/mol. The first-order valence-electron chi connectivity index (χ1n) is 26.4. The van der Waals surface area contributed by atoms with E-state index in [9.17, 15) is 15.0 Å². The highest BCUT2D eigenvalue weighted by atomic mass is 16.3. The maximum Gasteiger partial charge on any atom is 0.220 e. The molecule has 0 aliphatic heterocycles. The van der Waals surface area contributed by atoms with Crippen LogP contribution in [0.3, 0.4) is 0 Å². The van der Waals surface area contributed by atoms with Gasteiger partial charge in [0.05, 0.1) is 18.8 Å². The molecule has 0 aromatic heterocycles. The third kappa shape index (κ3) is 46.1. The molecule has 0 aliphatic rings. The molecule has 0 radical (unpaired) electrons. The average molecular weight is 804 g/mol. The summed E-state index contributed by atoms with van der Waals surface area (Å²) in [5.41, 5.74) is 0. The number of unbranched alkanes of at least 4 members (excludes halogenated alkanes) is 42. The average Bonchev–Trinajstić information content (AvgIpc) is 3.22. The van der Waals surface area contributed by atoms with Crippen molar-refractivity contribution in [3.8, 4) is 0 Å². The van der Waals surface area contributed by atoms with Crippen molar-refractivity contribution < 1.29 is 15.0 Å². The minimum atomic E-state index is -0.834. The van der Waals surface area contributed by atoms with Gasteiger partial charge in [-0.2, -0.15) is 0 Å². The number of aliphatic hydroxyl groups is 2. The van der Waals surface area contributed by atoms with Crippen molar-refractivity contribution in [2.75, 3.05) is 6.61 Å². The Morgan fingerprint density at radius 1 is 0.404 bits per heavy atom. The van der Waals surface area contributed by atoms with E-state index in [0.717, 1.165) is 25.7 Å². The fourth-order valence-corrected chi connectivity index (χ4v) is 8.48. The summed E-state index contributed by atoms with van der Waals surface area (Å²) in [6.45, 7) is 4.33. The highest BCUT2D eigenvalue weighted by Crippen LogP contribution is 2.18. The van der Waals surface area contributed by atoms with Crippen molar-refractivity contribution in [1.82, 2.24) is 5.32 Å². The lowest BCUT2D eigenvalue weighted by molar-refractivity contribution is -0.123. The molecule has 2 unspecified atom stereocenters. The number of amides is 1. The Morgan fingerprint density at radius 3 is 0.912 bits per heavy atom. The molecule has 0 fully saturated rings. The summed E-state index contributed by atoms with van der Waals surface area (Å²) in [5.74, 6) is -0.0596. The van der Waals surface area contributed by atoms with E-state index in [4.69, 9.17) is 0 Å². The maximum absolute atomic E-state index is 12.4. The number of nitrogens with one attached hydrogen (secondary N) is 1. The van der Waals surface area contributed by atoms with Crippen LogP contribution in [0.2, 0.25) is 0 Å². The lowest BCUT2D eigenvalue weighted by Crippen LogP contribution is -2.45. The van der Waals surface area contributed by atoms with Gasteiger partial charge < -0.3 is 15.5 Å². The smallest absolute Gasteiger partial charge is 0.220 e. The van der Waals surface area contributed by atoms with Crippen LogP contribution in [0.25, 0.3) is 0 Å². The third-order valence-electron chi connectivity index (χ3n) is 12.5. The van der Waals surface area contributed by atoms with Gasteiger partial charge in [-0.1, -0.05) is 289 Å². The molecule has 0 bridgehead atoms. The second kappa shape index (κ2) is 49.5. The first-order chi connectivity index (χ1) is 28.2. The zero-order valence-corrected chi connectivity index (χ0v) is 39.1. The predicted octanol–water partition coefficient (Wildman–Crippen LogP) is 17.0. The van der Waals surface area contributed by atoms with Gasteiger partial charge in [0.25, 0.3) is 0 Å². The lowest BCUT2D eigenvalue weighted by atomic mass is 10.0. The third-order valence-corrected chi connectivity index (χ3v) is 12.5. The number of hydrogen-bond acceptors (Lipinski definition) is 3. The van der Waals surface area contributed by atoms with Crippen molar-refractivity contribution in [3.63, 3.8) is 0 Å². The van der Waals surface area contributed by atoms with E-state index in [1.54, 1.807) is 6.08 Å². The van der Waals surface area contributed by atoms with Gasteiger partial charge in [0.15, 0.2) is 0 Å². The van der Waals surface area contributed by atoms with Crippen LogP contribution in [-0.2, 0) is 4.79 Å². The number of aliphatic hydroxyl groups excluding tert-OH is 2. The highest BCUT2D eigenvalue weighted by Gasteiger charge is 2.18. The molecule has 0 saturated heterocycles. The molecule has 1 amide bonds. The fraction of sp³-hybridized carbons (Fsp3) is 0.943. The van der Waals surface area contributed by atoms with Crippen LogP contribution < -0.4 is 5.32 Å². The number of carbonyl (C=O) groups is 1. The summed E-state index contributed by atoms with van der Waals surface area (Å²) in [6, 6.07) is -0.617. The molecule has 0 aromatic carbocycles. The standard InChI is InChI=1S/C53H105NO3/c1-3-5-7-9-11-13-15-17-18-19-20-21-22-23-24-25-26-27-28-29-30-31-32-33-34-35-37-38-40-42-44-46-48-52(56)51(50-55)54-53(57)49-47-45-43-41-39-36-16-14-12-10-8-6-4-2/h46,48,51-52,55-56H,3-45,47,49-50H2,1-2H3,(H,54,57)/b48-46+. The van der Waals surface area contributed by atoms with Gasteiger partial charge >= 0.3 is 0 Å². The minimum Gasteiger partial charge on any atom is -0.394 e. The number of allylic oxidation sites excluding steroid dienone is 1. The Hall–Kier alpha value is -0.870. The van der Waals surface area contributed by atoms with Gasteiger partial charge in [0.2, 0.25) is 5.91 Å². The largest absolute Gasteiger partial charge is 0.394 e. The maximum atomic E-state index is 12.4. The van der Waals surface area contributed by atoms with Crippen LogP contribution in [0, 0.1) is 0 Å². The van der Waals surface area contributed by atoms with E-state index in [-0.39, 0.29) is 12.5 Å². The second-order valence-corrected chi connectivity index (χ2v) is 18.3. The van der Waals surface area contributed by atoms with Gasteiger partial charge in [0, 0.05) is 6.42 Å². The van der Waals surface area contributed by atoms with Crippen LogP contribution in [0.1, 0.15) is 303 Å². The van der Waals surface area contributed by atoms with Crippen molar-refractivity contribution in [2.45, 2.75) is 315 Å². The summed E-state index contributed by atoms with van der Waals surface area (Å²) in [5, 5.41) is 23.1. The van der Waals surface area contributed by atoms with E-state index < -0.39 is 12.1 Å². The van der Waals surface area contributed by atoms with Crippen molar-refractivity contribution in [1.29, 1.82) is 0 Å². The van der Waals surface area contributed by atoms with Gasteiger partial charge in [0.1, 0.15) is 0 Å². The molecule has 0 rings (SSSR count). The summed E-state index contributed by atoms with van der Waals surface area (Å²) in [7, 11) is 0. The molecular weight excluding hydrogens is 699 g/mol. The monoisotopic (exact) mass is 804 g/mol. The van der Waals surface area contributed by atoms with E-state index in [2.05, 4.69) is 19.2 Å². The molecule has 2 atom stereocenters. The Bertz CT molecular complexity index is 784. The zero-order chi connectivity index (χ0) is 41.4. The van der Waals surface area contributed by atoms with Gasteiger partial charge in [-0.05, 0) is 19.3 Å². The molecule has 0 aromatic rings. The van der Waals surface area contributed by atoms with Gasteiger partial charge in [-0.3, -0.25) is 4.79 Å². The number of hydrogen-bond donors (Lipinski definition) is 3. The molecule has 0 spiro atoms. The first kappa shape index (κ1) is 56.1. The van der Waals surface area contributed by atoms with Crippen LogP contribution in [-0.4, -0.2) is 34.9 Å². The lowest BCUT2D eigenvalue weighted by Gasteiger charge is -2.20. The topological polar surface area (TPSA) is 69.6 Å². The summed E-state index contributed by atoms with van der Waals surface area (Å²) < 4.78 is 0. The molecule has 4 heteroatoms. The SMILES string of the molecule is CCCCCCCCCCCCCCCCCCCCCCCCCCCCCCCC/C=C/C(O)C(CO)NC(=O)CCCCCCCCCCCCCCC. The molecular formula is C53H105NO3. The summed E-state index contributed by atoms with van der Waals surface area (Å²) in [6.07, 6.45) is 63.7. The van der Waals surface area contributed by atoms with E-state index in [1.807, 2.05) is 6.08 Å². The van der Waals surface area contributed by atoms with Gasteiger partial charge in [-0.25, -0.2) is 0 Å². The Balaban J connectivity index is 3.41. The highest BCUT2D eigenvalue weighted by molar-refractivity contribution is 5.76. The summed E-state index contributed by atoms with van der Waals surface area (Å²) >= 11 is 0. The number of carbonyl (C=O) groups excluding carboxylic acids is 1. The van der Waals surface area contributed by atoms with Crippen molar-refractivity contribution in [2.24, 2.45) is 0 Å². The summed E-state index contributed by atoms with van der Waals surface area (Å²) in [4.78, 5) is 12.4. The molecule has 0 aliphatic carbocycles. The second-order valence-electron chi connectivity index (χ2n) is 18.3. The minimum absolute atomic E-state index is 0.0596. The first-order valence-corrected chi connectivity index (χ1v) is 26.4. The van der Waals surface area contributed by atoms with E-state index in [1.165, 1.54) is 257 Å². The van der Waals surface area contributed by atoms with Crippen molar-refractivity contribution >= 4 is 5.91 Å². The quantitative estimate of drug-likeness (QED) is 0.0424.